The second-order valence-corrected chi connectivity index (χ2v) is 7.01. The Morgan fingerprint density at radius 3 is 3.00 bits per heavy atom. The van der Waals surface area contributed by atoms with Gasteiger partial charge in [-0.25, -0.2) is 4.98 Å². The molecule has 0 amide bonds. The lowest BCUT2D eigenvalue weighted by Gasteiger charge is -2.34. The van der Waals surface area contributed by atoms with Gasteiger partial charge in [-0.2, -0.15) is 5.10 Å². The average molecular weight is 363 g/mol. The molecule has 1 N–H and O–H groups in total. The molecule has 25 heavy (non-hydrogen) atoms. The lowest BCUT2D eigenvalue weighted by atomic mass is 10.1. The standard InChI is InChI=1S/C16H25N7OS/c1-17-15(18-8-13-11-25-16(20-13)21(2)3)23-5-6-24-14(10-23)12-7-19-22(4)9-12/h7,9,11,14H,5-6,8,10H2,1-4H3,(H,17,18). The number of nitrogens with zero attached hydrogens (tertiary/aromatic N) is 6. The van der Waals surface area contributed by atoms with Crippen molar-refractivity contribution in [3.8, 4) is 0 Å². The third-order valence-electron chi connectivity index (χ3n) is 4.02. The topological polar surface area (TPSA) is 70.8 Å². The van der Waals surface area contributed by atoms with Crippen molar-refractivity contribution in [1.29, 1.82) is 0 Å². The lowest BCUT2D eigenvalue weighted by Crippen LogP contribution is -2.47. The Morgan fingerprint density at radius 2 is 2.36 bits per heavy atom. The van der Waals surface area contributed by atoms with Crippen molar-refractivity contribution in [3.63, 3.8) is 0 Å². The van der Waals surface area contributed by atoms with Gasteiger partial charge in [-0.3, -0.25) is 9.67 Å². The number of guanidine groups is 1. The summed E-state index contributed by atoms with van der Waals surface area (Å²) in [4.78, 5) is 13.3. The molecule has 2 aromatic rings. The Balaban J connectivity index is 1.60. The minimum atomic E-state index is 0.0145. The average Bonchev–Trinajstić information content (AvgIpc) is 3.25. The van der Waals surface area contributed by atoms with E-state index >= 15 is 0 Å². The highest BCUT2D eigenvalue weighted by molar-refractivity contribution is 7.13. The van der Waals surface area contributed by atoms with Gasteiger partial charge >= 0.3 is 0 Å². The van der Waals surface area contributed by atoms with E-state index in [-0.39, 0.29) is 6.10 Å². The molecule has 136 valence electrons. The quantitative estimate of drug-likeness (QED) is 0.648. The van der Waals surface area contributed by atoms with Crippen LogP contribution in [0.25, 0.3) is 0 Å². The molecule has 1 aliphatic rings. The van der Waals surface area contributed by atoms with Crippen molar-refractivity contribution in [2.24, 2.45) is 12.0 Å². The molecule has 2 aromatic heterocycles. The number of aliphatic imine (C=N–C) groups is 1. The van der Waals surface area contributed by atoms with Crippen LogP contribution in [0.1, 0.15) is 17.4 Å². The first kappa shape index (κ1) is 17.7. The maximum absolute atomic E-state index is 5.90. The second-order valence-electron chi connectivity index (χ2n) is 6.17. The van der Waals surface area contributed by atoms with Crippen LogP contribution in [0.2, 0.25) is 0 Å². The highest BCUT2D eigenvalue weighted by Gasteiger charge is 2.25. The van der Waals surface area contributed by atoms with Crippen LogP contribution in [0.15, 0.2) is 22.8 Å². The summed E-state index contributed by atoms with van der Waals surface area (Å²) in [5, 5.41) is 10.7. The van der Waals surface area contributed by atoms with Gasteiger partial charge in [-0.05, 0) is 0 Å². The summed E-state index contributed by atoms with van der Waals surface area (Å²) in [5.41, 5.74) is 2.12. The largest absolute Gasteiger partial charge is 0.370 e. The van der Waals surface area contributed by atoms with Crippen molar-refractivity contribution >= 4 is 22.4 Å². The van der Waals surface area contributed by atoms with Crippen LogP contribution in [-0.4, -0.2) is 66.5 Å². The second kappa shape index (κ2) is 7.83. The number of thiazole rings is 1. The van der Waals surface area contributed by atoms with Crippen molar-refractivity contribution in [1.82, 2.24) is 25.0 Å². The molecular formula is C16H25N7OS. The molecule has 3 rings (SSSR count). The molecule has 0 spiro atoms. The van der Waals surface area contributed by atoms with Crippen LogP contribution in [0.3, 0.4) is 0 Å². The van der Waals surface area contributed by atoms with Crippen LogP contribution in [0.5, 0.6) is 0 Å². The SMILES string of the molecule is CN=C(NCc1csc(N(C)C)n1)N1CCOC(c2cnn(C)c2)C1. The molecular weight excluding hydrogens is 338 g/mol. The number of hydrogen-bond donors (Lipinski definition) is 1. The minimum Gasteiger partial charge on any atom is -0.370 e. The van der Waals surface area contributed by atoms with Gasteiger partial charge < -0.3 is 19.9 Å². The smallest absolute Gasteiger partial charge is 0.194 e. The molecule has 1 saturated heterocycles. The van der Waals surface area contributed by atoms with Gasteiger partial charge in [0.1, 0.15) is 6.10 Å². The fourth-order valence-corrected chi connectivity index (χ4v) is 3.49. The Kier molecular flexibility index (Phi) is 5.54. The van der Waals surface area contributed by atoms with Crippen LogP contribution in [0.4, 0.5) is 5.13 Å². The number of anilines is 1. The first-order valence-corrected chi connectivity index (χ1v) is 9.12. The number of rotatable bonds is 4. The molecule has 0 aromatic carbocycles. The summed E-state index contributed by atoms with van der Waals surface area (Å²) >= 11 is 1.64. The molecule has 1 unspecified atom stereocenters. The highest BCUT2D eigenvalue weighted by Crippen LogP contribution is 2.22. The van der Waals surface area contributed by atoms with Crippen LogP contribution >= 0.6 is 11.3 Å². The highest BCUT2D eigenvalue weighted by atomic mass is 32.1. The number of morpholine rings is 1. The molecule has 9 heteroatoms. The first-order valence-electron chi connectivity index (χ1n) is 8.24. The lowest BCUT2D eigenvalue weighted by molar-refractivity contribution is -0.00805. The summed E-state index contributed by atoms with van der Waals surface area (Å²) in [6, 6.07) is 0. The predicted octanol–water partition coefficient (Wildman–Crippen LogP) is 1.09. The van der Waals surface area contributed by atoms with E-state index in [1.54, 1.807) is 16.0 Å². The molecule has 8 nitrogen and oxygen atoms in total. The van der Waals surface area contributed by atoms with Crippen LogP contribution < -0.4 is 10.2 Å². The van der Waals surface area contributed by atoms with E-state index in [0.717, 1.165) is 35.4 Å². The summed E-state index contributed by atoms with van der Waals surface area (Å²) < 4.78 is 7.70. The van der Waals surface area contributed by atoms with Crippen LogP contribution in [-0.2, 0) is 18.3 Å². The summed E-state index contributed by atoms with van der Waals surface area (Å²) in [6.45, 7) is 2.90. The van der Waals surface area contributed by atoms with Crippen LogP contribution in [0, 0.1) is 0 Å². The summed E-state index contributed by atoms with van der Waals surface area (Å²) in [7, 11) is 7.73. The summed E-state index contributed by atoms with van der Waals surface area (Å²) in [5.74, 6) is 0.872. The van der Waals surface area contributed by atoms with E-state index in [4.69, 9.17) is 4.74 Å². The Labute approximate surface area is 152 Å². The molecule has 0 saturated carbocycles. The fourth-order valence-electron chi connectivity index (χ4n) is 2.73. The van der Waals surface area contributed by atoms with Crippen molar-refractivity contribution < 1.29 is 4.74 Å². The van der Waals surface area contributed by atoms with Crippen molar-refractivity contribution in [3.05, 3.63) is 29.0 Å². The number of aryl methyl sites for hydroxylation is 1. The maximum atomic E-state index is 5.90. The number of hydrogen-bond acceptors (Lipinski definition) is 6. The van der Waals surface area contributed by atoms with Gasteiger partial charge in [0.25, 0.3) is 0 Å². The fraction of sp³-hybridized carbons (Fsp3) is 0.562. The molecule has 0 aliphatic carbocycles. The number of nitrogens with one attached hydrogen (secondary N) is 1. The third kappa shape index (κ3) is 4.29. The van der Waals surface area contributed by atoms with E-state index in [9.17, 15) is 0 Å². The molecule has 1 atom stereocenters. The molecule has 0 bridgehead atoms. The van der Waals surface area contributed by atoms with E-state index in [2.05, 4.69) is 30.7 Å². The molecule has 1 aliphatic heterocycles. The third-order valence-corrected chi connectivity index (χ3v) is 5.08. The summed E-state index contributed by atoms with van der Waals surface area (Å²) in [6.07, 6.45) is 3.88. The van der Waals surface area contributed by atoms with Gasteiger partial charge in [0.15, 0.2) is 11.1 Å². The minimum absolute atomic E-state index is 0.0145. The van der Waals surface area contributed by atoms with Crippen molar-refractivity contribution in [2.45, 2.75) is 12.6 Å². The van der Waals surface area contributed by atoms with Crippen molar-refractivity contribution in [2.75, 3.05) is 45.7 Å². The Hall–Kier alpha value is -2.13. The zero-order valence-electron chi connectivity index (χ0n) is 15.1. The van der Waals surface area contributed by atoms with E-state index < -0.39 is 0 Å². The molecule has 3 heterocycles. The zero-order chi connectivity index (χ0) is 17.8. The normalized spacial score (nSPS) is 18.5. The van der Waals surface area contributed by atoms with Gasteiger partial charge in [-0.1, -0.05) is 0 Å². The number of ether oxygens (including phenoxy) is 1. The first-order chi connectivity index (χ1) is 12.1. The van der Waals surface area contributed by atoms with Gasteiger partial charge in [0.2, 0.25) is 0 Å². The Morgan fingerprint density at radius 1 is 1.52 bits per heavy atom. The van der Waals surface area contributed by atoms with E-state index in [0.29, 0.717) is 13.2 Å². The zero-order valence-corrected chi connectivity index (χ0v) is 16.0. The maximum Gasteiger partial charge on any atom is 0.194 e. The molecule has 1 fully saturated rings. The van der Waals surface area contributed by atoms with E-state index in [1.165, 1.54) is 0 Å². The Bertz CT molecular complexity index is 724. The molecule has 0 radical (unpaired) electrons. The van der Waals surface area contributed by atoms with Gasteiger partial charge in [0, 0.05) is 51.9 Å². The van der Waals surface area contributed by atoms with Gasteiger partial charge in [0.05, 0.1) is 31.6 Å². The van der Waals surface area contributed by atoms with E-state index in [1.807, 2.05) is 45.5 Å². The van der Waals surface area contributed by atoms with Gasteiger partial charge in [-0.15, -0.1) is 11.3 Å². The monoisotopic (exact) mass is 363 g/mol. The number of aromatic nitrogens is 3. The predicted molar refractivity (Wildman–Crippen MR) is 100 cm³/mol.